The summed E-state index contributed by atoms with van der Waals surface area (Å²) >= 11 is 0. The minimum Gasteiger partial charge on any atom is -0.462 e. The highest BCUT2D eigenvalue weighted by molar-refractivity contribution is 5.93. The van der Waals surface area contributed by atoms with Crippen LogP contribution in [-0.4, -0.2) is 48.3 Å². The monoisotopic (exact) mass is 348 g/mol. The van der Waals surface area contributed by atoms with Gasteiger partial charge in [-0.05, 0) is 19.9 Å². The van der Waals surface area contributed by atoms with Gasteiger partial charge in [0.15, 0.2) is 11.6 Å². The summed E-state index contributed by atoms with van der Waals surface area (Å²) in [5, 5.41) is 3.29. The Kier molecular flexibility index (Phi) is 4.98. The summed E-state index contributed by atoms with van der Waals surface area (Å²) in [5.41, 5.74) is -0.292. The molecule has 1 N–H and O–H groups in total. The summed E-state index contributed by atoms with van der Waals surface area (Å²) in [6.07, 6.45) is 1.44. The van der Waals surface area contributed by atoms with E-state index in [1.807, 2.05) is 11.8 Å². The molecule has 2 aromatic heterocycles. The number of carbonyl (C=O) groups excluding carboxylic acids is 1. The topological polar surface area (TPSA) is 76.5 Å². The quantitative estimate of drug-likeness (QED) is 0.835. The number of carbonyl (C=O) groups is 1. The third-order valence-electron chi connectivity index (χ3n) is 4.24. The van der Waals surface area contributed by atoms with E-state index in [1.54, 1.807) is 11.5 Å². The van der Waals surface area contributed by atoms with Crippen LogP contribution in [0, 0.1) is 5.82 Å². The van der Waals surface area contributed by atoms with Crippen molar-refractivity contribution in [1.29, 1.82) is 0 Å². The van der Waals surface area contributed by atoms with Gasteiger partial charge in [-0.15, -0.1) is 0 Å². The first-order chi connectivity index (χ1) is 12.1. The van der Waals surface area contributed by atoms with Crippen molar-refractivity contribution in [1.82, 2.24) is 14.9 Å². The SMILES string of the molecule is CCOC(=O)c1cn(CC)c2nc(N3CCNCC3)c(F)cc2c1=O. The second-order valence-electron chi connectivity index (χ2n) is 5.78. The Balaban J connectivity index is 2.18. The van der Waals surface area contributed by atoms with E-state index in [1.165, 1.54) is 12.3 Å². The third kappa shape index (κ3) is 3.21. The van der Waals surface area contributed by atoms with Gasteiger partial charge >= 0.3 is 5.97 Å². The lowest BCUT2D eigenvalue weighted by Crippen LogP contribution is -2.44. The smallest absolute Gasteiger partial charge is 0.343 e. The van der Waals surface area contributed by atoms with Crippen molar-refractivity contribution in [3.8, 4) is 0 Å². The van der Waals surface area contributed by atoms with E-state index in [0.717, 1.165) is 13.1 Å². The number of nitrogens with zero attached hydrogens (tertiary/aromatic N) is 3. The average molecular weight is 348 g/mol. The van der Waals surface area contributed by atoms with Gasteiger partial charge in [0.1, 0.15) is 11.2 Å². The number of anilines is 1. The largest absolute Gasteiger partial charge is 0.462 e. The third-order valence-corrected chi connectivity index (χ3v) is 4.24. The summed E-state index contributed by atoms with van der Waals surface area (Å²) < 4.78 is 21.2. The first-order valence-corrected chi connectivity index (χ1v) is 8.43. The van der Waals surface area contributed by atoms with Gasteiger partial charge in [0.05, 0.1) is 12.0 Å². The molecule has 0 radical (unpaired) electrons. The molecule has 0 spiro atoms. The lowest BCUT2D eigenvalue weighted by atomic mass is 10.2. The van der Waals surface area contributed by atoms with Crippen molar-refractivity contribution >= 4 is 22.8 Å². The van der Waals surface area contributed by atoms with Crippen LogP contribution in [0.2, 0.25) is 0 Å². The number of aryl methyl sites for hydroxylation is 1. The number of halogens is 1. The number of esters is 1. The molecule has 3 heterocycles. The second kappa shape index (κ2) is 7.18. The van der Waals surface area contributed by atoms with Crippen molar-refractivity contribution in [3.05, 3.63) is 33.9 Å². The summed E-state index contributed by atoms with van der Waals surface area (Å²) in [7, 11) is 0. The molecule has 1 saturated heterocycles. The number of pyridine rings is 2. The van der Waals surface area contributed by atoms with Crippen LogP contribution in [0.1, 0.15) is 24.2 Å². The van der Waals surface area contributed by atoms with Crippen LogP contribution in [-0.2, 0) is 11.3 Å². The maximum atomic E-state index is 14.6. The Morgan fingerprint density at radius 2 is 2.08 bits per heavy atom. The first kappa shape index (κ1) is 17.3. The normalized spacial score (nSPS) is 14.8. The maximum Gasteiger partial charge on any atom is 0.343 e. The molecule has 0 amide bonds. The minimum absolute atomic E-state index is 0.0868. The highest BCUT2D eigenvalue weighted by Gasteiger charge is 2.22. The minimum atomic E-state index is -0.705. The van der Waals surface area contributed by atoms with Crippen LogP contribution in [0.5, 0.6) is 0 Å². The van der Waals surface area contributed by atoms with E-state index in [4.69, 9.17) is 4.74 Å². The molecular weight excluding hydrogens is 327 g/mol. The number of rotatable bonds is 4. The summed E-state index contributed by atoms with van der Waals surface area (Å²) in [4.78, 5) is 30.9. The number of piperazine rings is 1. The highest BCUT2D eigenvalue weighted by atomic mass is 19.1. The van der Waals surface area contributed by atoms with E-state index >= 15 is 0 Å². The van der Waals surface area contributed by atoms with Gasteiger partial charge in [0, 0.05) is 38.9 Å². The van der Waals surface area contributed by atoms with Crippen LogP contribution in [0.25, 0.3) is 11.0 Å². The fourth-order valence-electron chi connectivity index (χ4n) is 2.97. The zero-order valence-electron chi connectivity index (χ0n) is 14.3. The molecule has 3 rings (SSSR count). The predicted octanol–water partition coefficient (Wildman–Crippen LogP) is 1.14. The van der Waals surface area contributed by atoms with E-state index in [-0.39, 0.29) is 23.4 Å². The van der Waals surface area contributed by atoms with Crippen LogP contribution in [0.15, 0.2) is 17.1 Å². The van der Waals surface area contributed by atoms with E-state index in [2.05, 4.69) is 10.3 Å². The zero-order valence-corrected chi connectivity index (χ0v) is 14.3. The number of hydrogen-bond acceptors (Lipinski definition) is 6. The molecule has 0 aromatic carbocycles. The zero-order chi connectivity index (χ0) is 18.0. The van der Waals surface area contributed by atoms with E-state index in [9.17, 15) is 14.0 Å². The number of ether oxygens (including phenoxy) is 1. The first-order valence-electron chi connectivity index (χ1n) is 8.43. The Hall–Kier alpha value is -2.48. The van der Waals surface area contributed by atoms with Crippen LogP contribution < -0.4 is 15.6 Å². The van der Waals surface area contributed by atoms with Gasteiger partial charge in [-0.3, -0.25) is 4.79 Å². The lowest BCUT2D eigenvalue weighted by Gasteiger charge is -2.29. The lowest BCUT2D eigenvalue weighted by molar-refractivity contribution is 0.0524. The Labute approximate surface area is 144 Å². The van der Waals surface area contributed by atoms with Gasteiger partial charge in [0.2, 0.25) is 5.43 Å². The van der Waals surface area contributed by atoms with E-state index < -0.39 is 17.2 Å². The Morgan fingerprint density at radius 3 is 2.72 bits per heavy atom. The standard InChI is InChI=1S/C17H21FN4O3/c1-3-21-10-12(17(24)25-4-2)14(23)11-9-13(18)16(20-15(11)21)22-7-5-19-6-8-22/h9-10,19H,3-8H2,1-2H3. The molecule has 0 aliphatic carbocycles. The molecule has 7 nitrogen and oxygen atoms in total. The maximum absolute atomic E-state index is 14.6. The molecule has 0 bridgehead atoms. The molecule has 1 aliphatic rings. The molecule has 25 heavy (non-hydrogen) atoms. The molecule has 0 unspecified atom stereocenters. The Morgan fingerprint density at radius 1 is 1.36 bits per heavy atom. The molecule has 1 aliphatic heterocycles. The summed E-state index contributed by atoms with van der Waals surface area (Å²) in [6.45, 7) is 6.98. The highest BCUT2D eigenvalue weighted by Crippen LogP contribution is 2.22. The number of fused-ring (bicyclic) bond motifs is 1. The van der Waals surface area contributed by atoms with Crippen LogP contribution >= 0.6 is 0 Å². The van der Waals surface area contributed by atoms with Gasteiger partial charge in [0.25, 0.3) is 0 Å². The van der Waals surface area contributed by atoms with Gasteiger partial charge in [-0.25, -0.2) is 14.2 Å². The molecule has 0 saturated carbocycles. The van der Waals surface area contributed by atoms with Gasteiger partial charge < -0.3 is 19.5 Å². The van der Waals surface area contributed by atoms with E-state index in [0.29, 0.717) is 25.3 Å². The average Bonchev–Trinajstić information content (AvgIpc) is 2.63. The molecule has 1 fully saturated rings. The fourth-order valence-corrected chi connectivity index (χ4v) is 2.97. The van der Waals surface area contributed by atoms with Crippen molar-refractivity contribution < 1.29 is 13.9 Å². The molecule has 0 atom stereocenters. The number of nitrogens with one attached hydrogen (secondary N) is 1. The fraction of sp³-hybridized carbons (Fsp3) is 0.471. The predicted molar refractivity (Wildman–Crippen MR) is 92.7 cm³/mol. The molecule has 2 aromatic rings. The second-order valence-corrected chi connectivity index (χ2v) is 5.78. The van der Waals surface area contributed by atoms with Crippen molar-refractivity contribution in [3.63, 3.8) is 0 Å². The number of aromatic nitrogens is 2. The molecule has 134 valence electrons. The van der Waals surface area contributed by atoms with Crippen LogP contribution in [0.3, 0.4) is 0 Å². The van der Waals surface area contributed by atoms with Crippen molar-refractivity contribution in [2.24, 2.45) is 0 Å². The number of hydrogen-bond donors (Lipinski definition) is 1. The van der Waals surface area contributed by atoms with Crippen molar-refractivity contribution in [2.45, 2.75) is 20.4 Å². The van der Waals surface area contributed by atoms with Crippen LogP contribution in [0.4, 0.5) is 10.2 Å². The molecular formula is C17H21FN4O3. The van der Waals surface area contributed by atoms with Gasteiger partial charge in [-0.2, -0.15) is 0 Å². The van der Waals surface area contributed by atoms with Crippen molar-refractivity contribution in [2.75, 3.05) is 37.7 Å². The summed E-state index contributed by atoms with van der Waals surface area (Å²) in [6, 6.07) is 1.18. The molecule has 8 heteroatoms. The van der Waals surface area contributed by atoms with Gasteiger partial charge in [-0.1, -0.05) is 0 Å². The Bertz CT molecular complexity index is 859. The summed E-state index contributed by atoms with van der Waals surface area (Å²) in [5.74, 6) is -1.03.